The molecule has 0 radical (unpaired) electrons. The number of carbonyl (C=O) groups excluding carboxylic acids is 2. The Hall–Kier alpha value is -1.10. The summed E-state index contributed by atoms with van der Waals surface area (Å²) in [5.74, 6) is 3.72. The fourth-order valence-electron chi connectivity index (χ4n) is 0.658. The van der Waals surface area contributed by atoms with E-state index >= 15 is 0 Å². The predicted molar refractivity (Wildman–Crippen MR) is 54.0 cm³/mol. The Morgan fingerprint density at radius 1 is 1.29 bits per heavy atom. The molecule has 0 saturated carbocycles. The van der Waals surface area contributed by atoms with Crippen molar-refractivity contribution in [3.63, 3.8) is 0 Å². The second-order valence-electron chi connectivity index (χ2n) is 4.30. The third-order valence-corrected chi connectivity index (χ3v) is 2.60. The monoisotopic (exact) mass is 201 g/mol. The maximum Gasteiger partial charge on any atom is 0.323 e. The fourth-order valence-corrected chi connectivity index (χ4v) is 0.658. The van der Waals surface area contributed by atoms with E-state index in [1.807, 2.05) is 13.8 Å². The van der Waals surface area contributed by atoms with Gasteiger partial charge in [-0.2, -0.15) is 0 Å². The van der Waals surface area contributed by atoms with E-state index in [4.69, 9.17) is 5.84 Å². The zero-order valence-corrected chi connectivity index (χ0v) is 9.18. The number of hydrazine groups is 1. The van der Waals surface area contributed by atoms with Gasteiger partial charge in [0.1, 0.15) is 0 Å². The number of hydrogen-bond donors (Lipinski definition) is 3. The van der Waals surface area contributed by atoms with E-state index in [1.54, 1.807) is 5.43 Å². The van der Waals surface area contributed by atoms with Gasteiger partial charge in [-0.05, 0) is 11.3 Å². The van der Waals surface area contributed by atoms with Crippen molar-refractivity contribution in [1.82, 2.24) is 10.7 Å². The molecular weight excluding hydrogens is 182 g/mol. The Bertz CT molecular complexity index is 224. The topological polar surface area (TPSA) is 84.2 Å². The number of hydrogen-bond acceptors (Lipinski definition) is 3. The molecule has 0 unspecified atom stereocenters. The minimum Gasteiger partial charge on any atom is -0.347 e. The molecule has 0 rings (SSSR count). The molecule has 0 atom stereocenters. The summed E-state index contributed by atoms with van der Waals surface area (Å²) >= 11 is 0. The lowest BCUT2D eigenvalue weighted by atomic mass is 9.81. The summed E-state index contributed by atoms with van der Waals surface area (Å²) in [7, 11) is 0. The van der Waals surface area contributed by atoms with Gasteiger partial charge in [0.25, 0.3) is 0 Å². The smallest absolute Gasteiger partial charge is 0.323 e. The van der Waals surface area contributed by atoms with Crippen LogP contribution in [0.25, 0.3) is 0 Å². The van der Waals surface area contributed by atoms with Crippen molar-refractivity contribution >= 4 is 11.8 Å². The van der Waals surface area contributed by atoms with E-state index in [0.717, 1.165) is 0 Å². The van der Waals surface area contributed by atoms with Gasteiger partial charge in [-0.3, -0.25) is 15.0 Å². The van der Waals surface area contributed by atoms with Crippen LogP contribution in [0.15, 0.2) is 0 Å². The lowest BCUT2D eigenvalue weighted by Crippen LogP contribution is -2.46. The number of rotatable bonds is 3. The molecule has 14 heavy (non-hydrogen) atoms. The van der Waals surface area contributed by atoms with Crippen molar-refractivity contribution in [3.05, 3.63) is 0 Å². The lowest BCUT2D eigenvalue weighted by Gasteiger charge is -2.29. The van der Waals surface area contributed by atoms with Crippen LogP contribution in [-0.4, -0.2) is 18.4 Å². The molecule has 0 spiro atoms. The summed E-state index contributed by atoms with van der Waals surface area (Å²) in [5.41, 5.74) is 1.74. The first-order valence-corrected chi connectivity index (χ1v) is 4.60. The van der Waals surface area contributed by atoms with Crippen molar-refractivity contribution in [3.8, 4) is 0 Å². The molecule has 5 heteroatoms. The Morgan fingerprint density at radius 2 is 1.79 bits per heavy atom. The van der Waals surface area contributed by atoms with Crippen molar-refractivity contribution in [2.45, 2.75) is 27.7 Å². The highest BCUT2D eigenvalue weighted by molar-refractivity contribution is 6.34. The summed E-state index contributed by atoms with van der Waals surface area (Å²) < 4.78 is 0. The SMILES string of the molecule is CC(C)C(C)(C)CNC(=O)C(=O)NN. The molecular formula is C9H19N3O2. The van der Waals surface area contributed by atoms with Crippen molar-refractivity contribution in [2.24, 2.45) is 17.2 Å². The van der Waals surface area contributed by atoms with E-state index in [9.17, 15) is 9.59 Å². The van der Waals surface area contributed by atoms with Crippen LogP contribution < -0.4 is 16.6 Å². The highest BCUT2D eigenvalue weighted by Gasteiger charge is 2.24. The van der Waals surface area contributed by atoms with Crippen LogP contribution >= 0.6 is 0 Å². The summed E-state index contributed by atoms with van der Waals surface area (Å²) in [5, 5.41) is 2.52. The van der Waals surface area contributed by atoms with Gasteiger partial charge >= 0.3 is 11.8 Å². The molecule has 0 heterocycles. The minimum absolute atomic E-state index is 0.0372. The highest BCUT2D eigenvalue weighted by atomic mass is 16.2. The minimum atomic E-state index is -0.815. The first-order chi connectivity index (χ1) is 6.31. The number of nitrogens with one attached hydrogen (secondary N) is 2. The van der Waals surface area contributed by atoms with Gasteiger partial charge in [0.2, 0.25) is 0 Å². The zero-order chi connectivity index (χ0) is 11.4. The molecule has 0 aromatic heterocycles. The van der Waals surface area contributed by atoms with E-state index in [0.29, 0.717) is 12.5 Å². The normalized spacial score (nSPS) is 11.3. The second-order valence-corrected chi connectivity index (χ2v) is 4.30. The van der Waals surface area contributed by atoms with Gasteiger partial charge in [-0.1, -0.05) is 27.7 Å². The third-order valence-electron chi connectivity index (χ3n) is 2.60. The van der Waals surface area contributed by atoms with E-state index in [2.05, 4.69) is 19.2 Å². The molecule has 0 aliphatic carbocycles. The second kappa shape index (κ2) is 4.95. The van der Waals surface area contributed by atoms with E-state index < -0.39 is 11.8 Å². The lowest BCUT2D eigenvalue weighted by molar-refractivity contribution is -0.139. The van der Waals surface area contributed by atoms with Crippen LogP contribution in [-0.2, 0) is 9.59 Å². The predicted octanol–water partition coefficient (Wildman–Crippen LogP) is -0.225. The standard InChI is InChI=1S/C9H19N3O2/c1-6(2)9(3,4)5-11-7(13)8(14)12-10/h6H,5,10H2,1-4H3,(H,11,13)(H,12,14). The molecule has 0 aliphatic rings. The summed E-state index contributed by atoms with van der Waals surface area (Å²) in [6.45, 7) is 8.64. The summed E-state index contributed by atoms with van der Waals surface area (Å²) in [4.78, 5) is 21.8. The molecule has 4 N–H and O–H groups in total. The van der Waals surface area contributed by atoms with Gasteiger partial charge in [0.05, 0.1) is 0 Å². The van der Waals surface area contributed by atoms with Crippen LogP contribution in [0.5, 0.6) is 0 Å². The van der Waals surface area contributed by atoms with Gasteiger partial charge < -0.3 is 5.32 Å². The fraction of sp³-hybridized carbons (Fsp3) is 0.778. The largest absolute Gasteiger partial charge is 0.347 e. The number of amides is 2. The summed E-state index contributed by atoms with van der Waals surface area (Å²) in [6, 6.07) is 0. The van der Waals surface area contributed by atoms with E-state index in [1.165, 1.54) is 0 Å². The molecule has 0 saturated heterocycles. The quantitative estimate of drug-likeness (QED) is 0.255. The van der Waals surface area contributed by atoms with E-state index in [-0.39, 0.29) is 5.41 Å². The van der Waals surface area contributed by atoms with Crippen LogP contribution in [0.1, 0.15) is 27.7 Å². The zero-order valence-electron chi connectivity index (χ0n) is 9.18. The molecule has 2 amide bonds. The van der Waals surface area contributed by atoms with Crippen LogP contribution in [0.2, 0.25) is 0 Å². The maximum absolute atomic E-state index is 11.0. The molecule has 82 valence electrons. The molecule has 0 aliphatic heterocycles. The molecule has 0 aromatic rings. The van der Waals surface area contributed by atoms with Crippen molar-refractivity contribution < 1.29 is 9.59 Å². The number of nitrogens with two attached hydrogens (primary N) is 1. The Morgan fingerprint density at radius 3 is 2.14 bits per heavy atom. The highest BCUT2D eigenvalue weighted by Crippen LogP contribution is 2.24. The van der Waals surface area contributed by atoms with Gasteiger partial charge in [0, 0.05) is 6.54 Å². The first-order valence-electron chi connectivity index (χ1n) is 4.60. The Kier molecular flexibility index (Phi) is 4.56. The van der Waals surface area contributed by atoms with Crippen molar-refractivity contribution in [1.29, 1.82) is 0 Å². The van der Waals surface area contributed by atoms with Crippen LogP contribution in [0.4, 0.5) is 0 Å². The average molecular weight is 201 g/mol. The van der Waals surface area contributed by atoms with Gasteiger partial charge in [-0.15, -0.1) is 0 Å². The van der Waals surface area contributed by atoms with Crippen molar-refractivity contribution in [2.75, 3.05) is 6.54 Å². The maximum atomic E-state index is 11.0. The first kappa shape index (κ1) is 12.9. The average Bonchev–Trinajstić information content (AvgIpc) is 2.12. The summed E-state index contributed by atoms with van der Waals surface area (Å²) in [6.07, 6.45) is 0. The van der Waals surface area contributed by atoms with Crippen LogP contribution in [0, 0.1) is 11.3 Å². The van der Waals surface area contributed by atoms with Crippen LogP contribution in [0.3, 0.4) is 0 Å². The molecule has 0 bridgehead atoms. The molecule has 0 fully saturated rings. The Labute approximate surface area is 84.4 Å². The Balaban J connectivity index is 4.06. The molecule has 0 aromatic carbocycles. The third kappa shape index (κ3) is 3.74. The van der Waals surface area contributed by atoms with Gasteiger partial charge in [-0.25, -0.2) is 5.84 Å². The molecule has 5 nitrogen and oxygen atoms in total. The van der Waals surface area contributed by atoms with Gasteiger partial charge in [0.15, 0.2) is 0 Å². The number of carbonyl (C=O) groups is 2.